The molecule has 2 aromatic rings. The Balaban J connectivity index is 1.90. The van der Waals surface area contributed by atoms with E-state index in [0.717, 1.165) is 5.56 Å². The minimum atomic E-state index is -0.722. The van der Waals surface area contributed by atoms with E-state index in [2.05, 4.69) is 10.3 Å². The van der Waals surface area contributed by atoms with Crippen LogP contribution < -0.4 is 5.32 Å². The predicted octanol–water partition coefficient (Wildman–Crippen LogP) is 2.13. The van der Waals surface area contributed by atoms with Gasteiger partial charge in [-0.25, -0.2) is 0 Å². The lowest BCUT2D eigenvalue weighted by molar-refractivity contribution is 0.0912. The van der Waals surface area contributed by atoms with Crippen molar-refractivity contribution >= 4 is 17.5 Å². The smallest absolute Gasteiger partial charge is 0.267 e. The van der Waals surface area contributed by atoms with Crippen LogP contribution >= 0.6 is 11.6 Å². The van der Waals surface area contributed by atoms with Crippen molar-refractivity contribution in [3.05, 3.63) is 58.9 Å². The van der Waals surface area contributed by atoms with Crippen molar-refractivity contribution in [1.82, 2.24) is 10.3 Å². The number of benzene rings is 1. The molecule has 1 aromatic carbocycles. The standard InChI is InChI=1S/C13H13ClN2O2/c14-10-6-11(15-7-10)13(18)16-8-12(17)9-4-2-1-3-5-9/h1-7,12,15,17H,8H2,(H,16,18). The first-order valence-corrected chi connectivity index (χ1v) is 5.90. The van der Waals surface area contributed by atoms with Gasteiger partial charge >= 0.3 is 0 Å². The number of aliphatic hydroxyl groups is 1. The molecule has 3 N–H and O–H groups in total. The topological polar surface area (TPSA) is 65.1 Å². The molecule has 1 heterocycles. The molecule has 94 valence electrons. The number of carbonyl (C=O) groups excluding carboxylic acids is 1. The maximum Gasteiger partial charge on any atom is 0.267 e. The molecular formula is C13H13ClN2O2. The van der Waals surface area contributed by atoms with Gasteiger partial charge in [-0.3, -0.25) is 4.79 Å². The van der Waals surface area contributed by atoms with Gasteiger partial charge in [0.1, 0.15) is 5.69 Å². The highest BCUT2D eigenvalue weighted by atomic mass is 35.5. The lowest BCUT2D eigenvalue weighted by Crippen LogP contribution is -2.28. The maximum absolute atomic E-state index is 11.7. The van der Waals surface area contributed by atoms with Gasteiger partial charge in [0.2, 0.25) is 0 Å². The van der Waals surface area contributed by atoms with E-state index < -0.39 is 6.10 Å². The number of nitrogens with one attached hydrogen (secondary N) is 2. The van der Waals surface area contributed by atoms with Crippen molar-refractivity contribution in [3.63, 3.8) is 0 Å². The summed E-state index contributed by atoms with van der Waals surface area (Å²) in [5.41, 5.74) is 1.14. The Kier molecular flexibility index (Phi) is 4.02. The van der Waals surface area contributed by atoms with Crippen molar-refractivity contribution < 1.29 is 9.90 Å². The average Bonchev–Trinajstić information content (AvgIpc) is 2.83. The molecule has 1 unspecified atom stereocenters. The Bertz CT molecular complexity index is 525. The van der Waals surface area contributed by atoms with Crippen LogP contribution in [0, 0.1) is 0 Å². The third-order valence-electron chi connectivity index (χ3n) is 2.53. The molecule has 0 aliphatic carbocycles. The zero-order valence-electron chi connectivity index (χ0n) is 9.56. The summed E-state index contributed by atoms with van der Waals surface area (Å²) in [5, 5.41) is 13.0. The largest absolute Gasteiger partial charge is 0.387 e. The van der Waals surface area contributed by atoms with Crippen molar-refractivity contribution in [3.8, 4) is 0 Å². The van der Waals surface area contributed by atoms with Crippen LogP contribution in [-0.4, -0.2) is 22.5 Å². The molecule has 4 nitrogen and oxygen atoms in total. The fraction of sp³-hybridized carbons (Fsp3) is 0.154. The Morgan fingerprint density at radius 1 is 1.39 bits per heavy atom. The molecule has 0 bridgehead atoms. The van der Waals surface area contributed by atoms with E-state index in [1.165, 1.54) is 12.3 Å². The summed E-state index contributed by atoms with van der Waals surface area (Å²) < 4.78 is 0. The normalized spacial score (nSPS) is 12.1. The number of aromatic nitrogens is 1. The molecule has 1 atom stereocenters. The van der Waals surface area contributed by atoms with E-state index in [9.17, 15) is 9.90 Å². The Labute approximate surface area is 110 Å². The van der Waals surface area contributed by atoms with Crippen molar-refractivity contribution in [1.29, 1.82) is 0 Å². The van der Waals surface area contributed by atoms with E-state index >= 15 is 0 Å². The Morgan fingerprint density at radius 3 is 2.72 bits per heavy atom. The highest BCUT2D eigenvalue weighted by Crippen LogP contribution is 2.12. The molecule has 1 aromatic heterocycles. The van der Waals surface area contributed by atoms with Gasteiger partial charge in [0.15, 0.2) is 0 Å². The molecule has 0 saturated carbocycles. The van der Waals surface area contributed by atoms with E-state index in [0.29, 0.717) is 10.7 Å². The van der Waals surface area contributed by atoms with Crippen LogP contribution in [0.3, 0.4) is 0 Å². The molecule has 18 heavy (non-hydrogen) atoms. The lowest BCUT2D eigenvalue weighted by atomic mass is 10.1. The van der Waals surface area contributed by atoms with E-state index in [1.54, 1.807) is 0 Å². The number of aromatic amines is 1. The summed E-state index contributed by atoms with van der Waals surface area (Å²) in [5.74, 6) is -0.295. The van der Waals surface area contributed by atoms with E-state index in [4.69, 9.17) is 11.6 Å². The second-order valence-corrected chi connectivity index (χ2v) is 4.30. The first kappa shape index (κ1) is 12.7. The minimum absolute atomic E-state index is 0.152. The van der Waals surface area contributed by atoms with Crippen LogP contribution in [0.25, 0.3) is 0 Å². The number of H-pyrrole nitrogens is 1. The van der Waals surface area contributed by atoms with Gasteiger partial charge < -0.3 is 15.4 Å². The zero-order valence-corrected chi connectivity index (χ0v) is 10.3. The number of rotatable bonds is 4. The molecule has 0 aliphatic heterocycles. The Hall–Kier alpha value is -1.78. The monoisotopic (exact) mass is 264 g/mol. The van der Waals surface area contributed by atoms with Crippen molar-refractivity contribution in [2.75, 3.05) is 6.54 Å². The van der Waals surface area contributed by atoms with Crippen LogP contribution in [0.1, 0.15) is 22.2 Å². The minimum Gasteiger partial charge on any atom is -0.387 e. The second kappa shape index (κ2) is 5.71. The quantitative estimate of drug-likeness (QED) is 0.792. The number of aliphatic hydroxyl groups excluding tert-OH is 1. The summed E-state index contributed by atoms with van der Waals surface area (Å²) in [6.45, 7) is 0.152. The number of hydrogen-bond donors (Lipinski definition) is 3. The summed E-state index contributed by atoms with van der Waals surface area (Å²) in [7, 11) is 0. The van der Waals surface area contributed by atoms with Gasteiger partial charge in [-0.1, -0.05) is 41.9 Å². The molecule has 0 spiro atoms. The number of amides is 1. The molecule has 0 fully saturated rings. The van der Waals surface area contributed by atoms with E-state index in [-0.39, 0.29) is 12.5 Å². The number of halogens is 1. The lowest BCUT2D eigenvalue weighted by Gasteiger charge is -2.11. The number of carbonyl (C=O) groups is 1. The van der Waals surface area contributed by atoms with Gasteiger partial charge in [0, 0.05) is 12.7 Å². The van der Waals surface area contributed by atoms with Gasteiger partial charge in [-0.15, -0.1) is 0 Å². The fourth-order valence-electron chi connectivity index (χ4n) is 1.58. The van der Waals surface area contributed by atoms with E-state index in [1.807, 2.05) is 30.3 Å². The van der Waals surface area contributed by atoms with Crippen LogP contribution in [0.4, 0.5) is 0 Å². The predicted molar refractivity (Wildman–Crippen MR) is 69.5 cm³/mol. The molecule has 0 saturated heterocycles. The summed E-state index contributed by atoms with van der Waals surface area (Å²) in [6, 6.07) is 10.7. The van der Waals surface area contributed by atoms with Crippen LogP contribution in [0.15, 0.2) is 42.6 Å². The average molecular weight is 265 g/mol. The molecule has 0 radical (unpaired) electrons. The van der Waals surface area contributed by atoms with Gasteiger partial charge in [-0.2, -0.15) is 0 Å². The molecule has 0 aliphatic rings. The number of hydrogen-bond acceptors (Lipinski definition) is 2. The van der Waals surface area contributed by atoms with Crippen LogP contribution in [0.2, 0.25) is 5.02 Å². The van der Waals surface area contributed by atoms with Crippen molar-refractivity contribution in [2.45, 2.75) is 6.10 Å². The third kappa shape index (κ3) is 3.12. The van der Waals surface area contributed by atoms with Crippen LogP contribution in [0.5, 0.6) is 0 Å². The zero-order chi connectivity index (χ0) is 13.0. The van der Waals surface area contributed by atoms with Gasteiger partial charge in [0.25, 0.3) is 5.91 Å². The highest BCUT2D eigenvalue weighted by molar-refractivity contribution is 6.30. The Morgan fingerprint density at radius 2 is 2.11 bits per heavy atom. The summed E-state index contributed by atoms with van der Waals surface area (Å²) >= 11 is 5.70. The highest BCUT2D eigenvalue weighted by Gasteiger charge is 2.11. The molecule has 5 heteroatoms. The molecule has 2 rings (SSSR count). The van der Waals surface area contributed by atoms with Gasteiger partial charge in [0.05, 0.1) is 11.1 Å². The summed E-state index contributed by atoms with van der Waals surface area (Å²) in [4.78, 5) is 14.4. The first-order valence-electron chi connectivity index (χ1n) is 5.52. The first-order chi connectivity index (χ1) is 8.66. The maximum atomic E-state index is 11.7. The third-order valence-corrected chi connectivity index (χ3v) is 2.75. The molecular weight excluding hydrogens is 252 g/mol. The summed E-state index contributed by atoms with van der Waals surface area (Å²) in [6.07, 6.45) is 0.810. The molecule has 1 amide bonds. The second-order valence-electron chi connectivity index (χ2n) is 3.87. The van der Waals surface area contributed by atoms with Gasteiger partial charge in [-0.05, 0) is 11.6 Å². The SMILES string of the molecule is O=C(NCC(O)c1ccccc1)c1cc(Cl)c[nH]1. The van der Waals surface area contributed by atoms with Crippen LogP contribution in [-0.2, 0) is 0 Å². The fourth-order valence-corrected chi connectivity index (χ4v) is 1.74. The van der Waals surface area contributed by atoms with Crippen molar-refractivity contribution in [2.24, 2.45) is 0 Å².